The summed E-state index contributed by atoms with van der Waals surface area (Å²) in [5.41, 5.74) is -0.527. The van der Waals surface area contributed by atoms with E-state index in [0.717, 1.165) is 5.56 Å². The van der Waals surface area contributed by atoms with Gasteiger partial charge in [-0.1, -0.05) is 72.8 Å². The van der Waals surface area contributed by atoms with E-state index in [0.29, 0.717) is 29.3 Å². The summed E-state index contributed by atoms with van der Waals surface area (Å²) in [7, 11) is 0. The predicted octanol–water partition coefficient (Wildman–Crippen LogP) is 5.51. The third-order valence-corrected chi connectivity index (χ3v) is 7.11. The number of hydrogen-bond donors (Lipinski definition) is 2. The Kier molecular flexibility index (Phi) is 9.67. The van der Waals surface area contributed by atoms with Gasteiger partial charge in [-0.3, -0.25) is 14.4 Å². The summed E-state index contributed by atoms with van der Waals surface area (Å²) in [4.78, 5) is 40.9. The van der Waals surface area contributed by atoms with Crippen LogP contribution in [0.25, 0.3) is 11.1 Å². The average Bonchev–Trinajstić information content (AvgIpc) is 3.08. The van der Waals surface area contributed by atoms with Crippen LogP contribution in [-0.4, -0.2) is 55.2 Å². The van der Waals surface area contributed by atoms with Gasteiger partial charge in [0, 0.05) is 25.1 Å². The molecule has 0 aromatic heterocycles. The van der Waals surface area contributed by atoms with Crippen molar-refractivity contribution in [3.8, 4) is 11.1 Å². The molecule has 3 aromatic rings. The standard InChI is InChI=1S/C31H29F6N3O4/c1-29(32,27(42)38-16-15-30(33,34)31(35,36)37)28(43)39-25-23-13-6-5-11-21(23)22-12-7-8-14-24(22)40(26(25)41)17-18-44-19-20-9-3-2-4-10-20/h2-14,25H,15-19H2,1H3,(H,38,42)(H,39,43)/t25-,29-/m0/s1. The van der Waals surface area contributed by atoms with Gasteiger partial charge in [-0.2, -0.15) is 22.0 Å². The van der Waals surface area contributed by atoms with Crippen molar-refractivity contribution in [3.63, 3.8) is 0 Å². The quantitative estimate of drug-likeness (QED) is 0.168. The van der Waals surface area contributed by atoms with E-state index in [9.17, 15) is 36.3 Å². The molecule has 0 bridgehead atoms. The highest BCUT2D eigenvalue weighted by atomic mass is 19.4. The van der Waals surface area contributed by atoms with Crippen molar-refractivity contribution in [1.82, 2.24) is 10.6 Å². The normalized spacial score (nSPS) is 16.3. The number of fused-ring (bicyclic) bond motifs is 3. The summed E-state index contributed by atoms with van der Waals surface area (Å²) >= 11 is 0. The van der Waals surface area contributed by atoms with Gasteiger partial charge >= 0.3 is 12.1 Å². The lowest BCUT2D eigenvalue weighted by molar-refractivity contribution is -0.283. The monoisotopic (exact) mass is 621 g/mol. The van der Waals surface area contributed by atoms with Gasteiger partial charge in [-0.15, -0.1) is 0 Å². The Labute approximate surface area is 249 Å². The Hall–Kier alpha value is -4.39. The molecule has 0 aliphatic carbocycles. The van der Waals surface area contributed by atoms with Crippen molar-refractivity contribution in [1.29, 1.82) is 0 Å². The Morgan fingerprint density at radius 1 is 0.841 bits per heavy atom. The van der Waals surface area contributed by atoms with E-state index < -0.39 is 54.5 Å². The molecule has 4 rings (SSSR count). The summed E-state index contributed by atoms with van der Waals surface area (Å²) in [6.07, 6.45) is -7.72. The number of halogens is 6. The van der Waals surface area contributed by atoms with E-state index in [1.807, 2.05) is 30.3 Å². The zero-order valence-corrected chi connectivity index (χ0v) is 23.5. The van der Waals surface area contributed by atoms with Crippen molar-refractivity contribution in [2.24, 2.45) is 0 Å². The van der Waals surface area contributed by atoms with Gasteiger partial charge in [0.25, 0.3) is 23.4 Å². The SMILES string of the molecule is C[C@](F)(C(=O)NCCC(F)(F)C(F)(F)F)C(=O)N[C@@H]1C(=O)N(CCOCc2ccccc2)c2ccccc2-c2ccccc21. The van der Waals surface area contributed by atoms with Crippen molar-refractivity contribution < 1.29 is 45.5 Å². The highest BCUT2D eigenvalue weighted by Crippen LogP contribution is 2.40. The molecule has 3 aromatic carbocycles. The minimum Gasteiger partial charge on any atom is -0.375 e. The fraction of sp³-hybridized carbons (Fsp3) is 0.323. The van der Waals surface area contributed by atoms with Crippen LogP contribution in [0.4, 0.5) is 32.0 Å². The second-order valence-electron chi connectivity index (χ2n) is 10.3. The zero-order valence-electron chi connectivity index (χ0n) is 23.5. The number of ether oxygens (including phenoxy) is 1. The van der Waals surface area contributed by atoms with Crippen LogP contribution in [0.2, 0.25) is 0 Å². The van der Waals surface area contributed by atoms with Crippen molar-refractivity contribution in [2.75, 3.05) is 24.6 Å². The Morgan fingerprint density at radius 2 is 1.45 bits per heavy atom. The van der Waals surface area contributed by atoms with Gasteiger partial charge in [-0.25, -0.2) is 4.39 Å². The maximum Gasteiger partial charge on any atom is 0.453 e. The third-order valence-electron chi connectivity index (χ3n) is 7.11. The number of benzene rings is 3. The number of anilines is 1. The van der Waals surface area contributed by atoms with Gasteiger partial charge in [0.05, 0.1) is 18.9 Å². The number of nitrogens with one attached hydrogen (secondary N) is 2. The van der Waals surface area contributed by atoms with Gasteiger partial charge in [0.15, 0.2) is 0 Å². The average molecular weight is 622 g/mol. The molecule has 2 N–H and O–H groups in total. The van der Waals surface area contributed by atoms with Gasteiger partial charge in [0.2, 0.25) is 0 Å². The van der Waals surface area contributed by atoms with Crippen LogP contribution in [0.15, 0.2) is 78.9 Å². The fourth-order valence-electron chi connectivity index (χ4n) is 4.64. The van der Waals surface area contributed by atoms with Crippen LogP contribution >= 0.6 is 0 Å². The molecule has 1 heterocycles. The first kappa shape index (κ1) is 32.5. The van der Waals surface area contributed by atoms with Gasteiger partial charge in [0.1, 0.15) is 6.04 Å². The minimum absolute atomic E-state index is 0.0455. The van der Waals surface area contributed by atoms with E-state index in [4.69, 9.17) is 4.74 Å². The van der Waals surface area contributed by atoms with Crippen molar-refractivity contribution in [2.45, 2.75) is 43.8 Å². The highest BCUT2D eigenvalue weighted by Gasteiger charge is 2.57. The first-order valence-corrected chi connectivity index (χ1v) is 13.6. The summed E-state index contributed by atoms with van der Waals surface area (Å²) in [5.74, 6) is -9.12. The molecule has 234 valence electrons. The van der Waals surface area contributed by atoms with Crippen LogP contribution in [0.5, 0.6) is 0 Å². The Bertz CT molecular complexity index is 1500. The van der Waals surface area contributed by atoms with Crippen LogP contribution in [-0.2, 0) is 25.7 Å². The predicted molar refractivity (Wildman–Crippen MR) is 149 cm³/mol. The Morgan fingerprint density at radius 3 is 2.14 bits per heavy atom. The summed E-state index contributed by atoms with van der Waals surface area (Å²) in [5, 5.41) is 3.88. The molecule has 13 heteroatoms. The fourth-order valence-corrected chi connectivity index (χ4v) is 4.64. The number of rotatable bonds is 11. The van der Waals surface area contributed by atoms with E-state index in [1.54, 1.807) is 53.8 Å². The molecule has 1 aliphatic rings. The van der Waals surface area contributed by atoms with E-state index >= 15 is 4.39 Å². The van der Waals surface area contributed by atoms with E-state index in [2.05, 4.69) is 5.32 Å². The molecule has 0 radical (unpaired) electrons. The van der Waals surface area contributed by atoms with Crippen LogP contribution in [0.3, 0.4) is 0 Å². The van der Waals surface area contributed by atoms with Crippen molar-refractivity contribution in [3.05, 3.63) is 90.0 Å². The second-order valence-corrected chi connectivity index (χ2v) is 10.3. The molecule has 1 aliphatic heterocycles. The number of carbonyl (C=O) groups excluding carboxylic acids is 3. The molecule has 7 nitrogen and oxygen atoms in total. The summed E-state index contributed by atoms with van der Waals surface area (Å²) in [6, 6.07) is 21.4. The van der Waals surface area contributed by atoms with E-state index in [1.165, 1.54) is 4.90 Å². The number of amides is 3. The smallest absolute Gasteiger partial charge is 0.375 e. The first-order chi connectivity index (χ1) is 20.7. The number of hydrogen-bond acceptors (Lipinski definition) is 4. The molecule has 3 amide bonds. The lowest BCUT2D eigenvalue weighted by Gasteiger charge is -2.28. The largest absolute Gasteiger partial charge is 0.453 e. The molecule has 0 saturated carbocycles. The highest BCUT2D eigenvalue weighted by molar-refractivity contribution is 6.11. The first-order valence-electron chi connectivity index (χ1n) is 13.6. The molecule has 2 atom stereocenters. The lowest BCUT2D eigenvalue weighted by atomic mass is 9.94. The number of carbonyl (C=O) groups is 3. The number of alkyl halides is 6. The molecule has 0 fully saturated rings. The molecule has 0 unspecified atom stereocenters. The summed E-state index contributed by atoms with van der Waals surface area (Å²) in [6.45, 7) is -0.317. The van der Waals surface area contributed by atoms with E-state index in [-0.39, 0.29) is 19.8 Å². The molecule has 44 heavy (non-hydrogen) atoms. The topological polar surface area (TPSA) is 87.7 Å². The van der Waals surface area contributed by atoms with Gasteiger partial charge in [-0.05, 0) is 29.7 Å². The second kappa shape index (κ2) is 13.1. The third kappa shape index (κ3) is 7.04. The Balaban J connectivity index is 1.54. The van der Waals surface area contributed by atoms with Crippen LogP contribution < -0.4 is 15.5 Å². The maximum absolute atomic E-state index is 15.5. The van der Waals surface area contributed by atoms with Crippen LogP contribution in [0, 0.1) is 0 Å². The molecule has 0 saturated heterocycles. The number of nitrogens with zero attached hydrogens (tertiary/aromatic N) is 1. The van der Waals surface area contributed by atoms with Crippen LogP contribution in [0.1, 0.15) is 30.5 Å². The lowest BCUT2D eigenvalue weighted by Crippen LogP contribution is -2.55. The van der Waals surface area contributed by atoms with Gasteiger partial charge < -0.3 is 20.3 Å². The maximum atomic E-state index is 15.5. The minimum atomic E-state index is -5.86. The van der Waals surface area contributed by atoms with Crippen molar-refractivity contribution >= 4 is 23.4 Å². The molecular weight excluding hydrogens is 592 g/mol. The molecule has 0 spiro atoms. The number of para-hydroxylation sites is 1. The summed E-state index contributed by atoms with van der Waals surface area (Å²) < 4.78 is 85.0. The zero-order chi connectivity index (χ0) is 32.1. The molecular formula is C31H29F6N3O4.